The number of piperidine rings is 2. The Balaban J connectivity index is 1.31. The summed E-state index contributed by atoms with van der Waals surface area (Å²) in [6, 6.07) is 11.1. The molecule has 5 nitrogen and oxygen atoms in total. The zero-order valence-corrected chi connectivity index (χ0v) is 15.8. The minimum Gasteiger partial charge on any atom is -0.334 e. The molecule has 1 aromatic carbocycles. The lowest BCUT2D eigenvalue weighted by atomic mass is 9.83. The normalized spacial score (nSPS) is 23.0. The molecule has 3 heterocycles. The molecule has 2 aliphatic rings. The number of nitrogens with zero attached hydrogens (tertiary/aromatic N) is 4. The fourth-order valence-electron chi connectivity index (χ4n) is 4.64. The van der Waals surface area contributed by atoms with Crippen LogP contribution in [0.2, 0.25) is 0 Å². The van der Waals surface area contributed by atoms with Crippen LogP contribution < -0.4 is 0 Å². The van der Waals surface area contributed by atoms with Crippen molar-refractivity contribution in [1.29, 1.82) is 0 Å². The second-order valence-corrected chi connectivity index (χ2v) is 7.74. The van der Waals surface area contributed by atoms with E-state index >= 15 is 0 Å². The van der Waals surface area contributed by atoms with Gasteiger partial charge >= 0.3 is 0 Å². The van der Waals surface area contributed by atoms with Crippen molar-refractivity contribution in [2.75, 3.05) is 26.2 Å². The number of fused-ring (bicyclic) bond motifs is 1. The van der Waals surface area contributed by atoms with E-state index in [0.717, 1.165) is 45.4 Å². The van der Waals surface area contributed by atoms with Crippen LogP contribution in [0.1, 0.15) is 41.7 Å². The lowest BCUT2D eigenvalue weighted by molar-refractivity contribution is 0.0196. The van der Waals surface area contributed by atoms with Gasteiger partial charge in [-0.2, -0.15) is 0 Å². The van der Waals surface area contributed by atoms with Crippen LogP contribution in [-0.2, 0) is 6.42 Å². The molecule has 27 heavy (non-hydrogen) atoms. The lowest BCUT2D eigenvalue weighted by Crippen LogP contribution is -2.55. The standard InChI is InChI=1S/C22H28N4O/c27-22(20-16-23-11-12-24-20)26-14-5-9-19-17-25(15-10-21(19)26)13-4-8-18-6-2-1-3-7-18/h1-3,6-7,11-12,16,19,21H,4-5,8-10,13-15,17H2/t19-,21+/m1/s1. The Morgan fingerprint density at radius 1 is 1.11 bits per heavy atom. The molecule has 0 unspecified atom stereocenters. The number of aryl methyl sites for hydroxylation is 1. The summed E-state index contributed by atoms with van der Waals surface area (Å²) >= 11 is 0. The van der Waals surface area contributed by atoms with Crippen molar-refractivity contribution in [2.45, 2.75) is 38.1 Å². The topological polar surface area (TPSA) is 49.3 Å². The van der Waals surface area contributed by atoms with Crippen LogP contribution in [-0.4, -0.2) is 57.9 Å². The largest absolute Gasteiger partial charge is 0.334 e. The van der Waals surface area contributed by atoms with Crippen LogP contribution in [0, 0.1) is 5.92 Å². The highest BCUT2D eigenvalue weighted by Gasteiger charge is 2.38. The molecule has 0 radical (unpaired) electrons. The van der Waals surface area contributed by atoms with Gasteiger partial charge in [0.25, 0.3) is 5.91 Å². The molecule has 2 aromatic rings. The Morgan fingerprint density at radius 2 is 2.00 bits per heavy atom. The van der Waals surface area contributed by atoms with Gasteiger partial charge in [-0.15, -0.1) is 0 Å². The molecule has 0 spiro atoms. The third-order valence-corrected chi connectivity index (χ3v) is 5.98. The first-order chi connectivity index (χ1) is 13.3. The molecule has 2 atom stereocenters. The number of carbonyl (C=O) groups is 1. The maximum atomic E-state index is 12.9. The first kappa shape index (κ1) is 18.1. The van der Waals surface area contributed by atoms with Crippen LogP contribution in [0.15, 0.2) is 48.9 Å². The van der Waals surface area contributed by atoms with Crippen molar-refractivity contribution < 1.29 is 4.79 Å². The number of likely N-dealkylation sites (tertiary alicyclic amines) is 2. The molecular weight excluding hydrogens is 336 g/mol. The highest BCUT2D eigenvalue weighted by molar-refractivity contribution is 5.92. The fourth-order valence-corrected chi connectivity index (χ4v) is 4.64. The number of aromatic nitrogens is 2. The van der Waals surface area contributed by atoms with E-state index in [9.17, 15) is 4.79 Å². The van der Waals surface area contributed by atoms with E-state index in [1.807, 2.05) is 0 Å². The number of hydrogen-bond acceptors (Lipinski definition) is 4. The Hall–Kier alpha value is -2.27. The predicted octanol–water partition coefficient (Wildman–Crippen LogP) is 3.04. The molecule has 2 saturated heterocycles. The molecular formula is C22H28N4O. The monoisotopic (exact) mass is 364 g/mol. The molecule has 5 heteroatoms. The molecule has 1 aromatic heterocycles. The lowest BCUT2D eigenvalue weighted by Gasteiger charge is -2.47. The first-order valence-corrected chi connectivity index (χ1v) is 10.1. The van der Waals surface area contributed by atoms with Gasteiger partial charge in [0.15, 0.2) is 0 Å². The average Bonchev–Trinajstić information content (AvgIpc) is 2.74. The quantitative estimate of drug-likeness (QED) is 0.818. The van der Waals surface area contributed by atoms with E-state index in [-0.39, 0.29) is 5.91 Å². The zero-order valence-electron chi connectivity index (χ0n) is 15.8. The number of amides is 1. The zero-order chi connectivity index (χ0) is 18.5. The highest BCUT2D eigenvalue weighted by atomic mass is 16.2. The van der Waals surface area contributed by atoms with E-state index in [1.165, 1.54) is 18.4 Å². The van der Waals surface area contributed by atoms with Gasteiger partial charge in [-0.1, -0.05) is 30.3 Å². The summed E-state index contributed by atoms with van der Waals surface area (Å²) in [7, 11) is 0. The second kappa shape index (κ2) is 8.61. The Morgan fingerprint density at radius 3 is 2.81 bits per heavy atom. The predicted molar refractivity (Wildman–Crippen MR) is 105 cm³/mol. The van der Waals surface area contributed by atoms with Gasteiger partial charge in [0.05, 0.1) is 6.20 Å². The van der Waals surface area contributed by atoms with Crippen molar-refractivity contribution in [3.8, 4) is 0 Å². The molecule has 4 rings (SSSR count). The number of hydrogen-bond donors (Lipinski definition) is 0. The van der Waals surface area contributed by atoms with Gasteiger partial charge in [-0.05, 0) is 50.1 Å². The third kappa shape index (κ3) is 4.35. The Labute approximate surface area is 161 Å². The van der Waals surface area contributed by atoms with Crippen molar-refractivity contribution in [3.63, 3.8) is 0 Å². The molecule has 0 bridgehead atoms. The SMILES string of the molecule is O=C(c1cnccn1)N1CCC[C@@H]2CN(CCCc3ccccc3)CC[C@@H]21. The molecule has 1 amide bonds. The van der Waals surface area contributed by atoms with Crippen molar-refractivity contribution >= 4 is 5.91 Å². The van der Waals surface area contributed by atoms with Crippen LogP contribution in [0.25, 0.3) is 0 Å². The number of rotatable bonds is 5. The van der Waals surface area contributed by atoms with Gasteiger partial charge in [0.2, 0.25) is 0 Å². The van der Waals surface area contributed by atoms with Crippen LogP contribution >= 0.6 is 0 Å². The maximum absolute atomic E-state index is 12.9. The van der Waals surface area contributed by atoms with Gasteiger partial charge in [-0.25, -0.2) is 4.98 Å². The molecule has 0 saturated carbocycles. The molecule has 2 aliphatic heterocycles. The van der Waals surface area contributed by atoms with E-state index in [1.54, 1.807) is 18.6 Å². The third-order valence-electron chi connectivity index (χ3n) is 5.98. The minimum absolute atomic E-state index is 0.0512. The van der Waals surface area contributed by atoms with Crippen LogP contribution in [0.3, 0.4) is 0 Å². The van der Waals surface area contributed by atoms with Gasteiger partial charge in [0.1, 0.15) is 5.69 Å². The van der Waals surface area contributed by atoms with Crippen LogP contribution in [0.4, 0.5) is 0 Å². The van der Waals surface area contributed by atoms with E-state index < -0.39 is 0 Å². The summed E-state index contributed by atoms with van der Waals surface area (Å²) in [6.45, 7) is 4.20. The van der Waals surface area contributed by atoms with E-state index in [2.05, 4.69) is 50.1 Å². The first-order valence-electron chi connectivity index (χ1n) is 10.1. The van der Waals surface area contributed by atoms with Gasteiger partial charge in [0, 0.05) is 38.1 Å². The second-order valence-electron chi connectivity index (χ2n) is 7.74. The van der Waals surface area contributed by atoms with Crippen molar-refractivity contribution in [1.82, 2.24) is 19.8 Å². The summed E-state index contributed by atoms with van der Waals surface area (Å²) in [5, 5.41) is 0. The summed E-state index contributed by atoms with van der Waals surface area (Å²) in [5.74, 6) is 0.639. The number of carbonyl (C=O) groups excluding carboxylic acids is 1. The van der Waals surface area contributed by atoms with Crippen LogP contribution in [0.5, 0.6) is 0 Å². The van der Waals surface area contributed by atoms with Crippen molar-refractivity contribution in [2.24, 2.45) is 5.92 Å². The van der Waals surface area contributed by atoms with Gasteiger partial charge < -0.3 is 9.80 Å². The highest BCUT2D eigenvalue weighted by Crippen LogP contribution is 2.31. The summed E-state index contributed by atoms with van der Waals surface area (Å²) in [4.78, 5) is 25.8. The van der Waals surface area contributed by atoms with E-state index in [0.29, 0.717) is 17.7 Å². The minimum atomic E-state index is 0.0512. The summed E-state index contributed by atoms with van der Waals surface area (Å²) in [6.07, 6.45) is 10.5. The average molecular weight is 364 g/mol. The fraction of sp³-hybridized carbons (Fsp3) is 0.500. The van der Waals surface area contributed by atoms with Gasteiger partial charge in [-0.3, -0.25) is 9.78 Å². The number of benzene rings is 1. The molecule has 2 fully saturated rings. The Kier molecular flexibility index (Phi) is 5.78. The summed E-state index contributed by atoms with van der Waals surface area (Å²) < 4.78 is 0. The smallest absolute Gasteiger partial charge is 0.274 e. The van der Waals surface area contributed by atoms with Crippen molar-refractivity contribution in [3.05, 3.63) is 60.2 Å². The molecule has 0 N–H and O–H groups in total. The Bertz CT molecular complexity index is 736. The molecule has 142 valence electrons. The van der Waals surface area contributed by atoms with E-state index in [4.69, 9.17) is 0 Å². The maximum Gasteiger partial charge on any atom is 0.274 e. The summed E-state index contributed by atoms with van der Waals surface area (Å²) in [5.41, 5.74) is 1.90. The molecule has 0 aliphatic carbocycles.